The van der Waals surface area contributed by atoms with Crippen molar-refractivity contribution in [2.75, 3.05) is 24.5 Å². The average Bonchev–Trinajstić information content (AvgIpc) is 2.38. The molecule has 1 aromatic rings. The molecular formula is C16H26ClN3. The molecule has 0 aliphatic rings. The van der Waals surface area contributed by atoms with Crippen LogP contribution in [-0.4, -0.2) is 24.6 Å². The molecule has 112 valence electrons. The van der Waals surface area contributed by atoms with Crippen LogP contribution in [0.5, 0.6) is 0 Å². The van der Waals surface area contributed by atoms with Crippen molar-refractivity contribution in [2.45, 2.75) is 33.7 Å². The van der Waals surface area contributed by atoms with Gasteiger partial charge in [-0.15, -0.1) is 6.58 Å². The fourth-order valence-electron chi connectivity index (χ4n) is 2.01. The van der Waals surface area contributed by atoms with Crippen LogP contribution in [0.2, 0.25) is 5.02 Å². The van der Waals surface area contributed by atoms with Gasteiger partial charge in [0.2, 0.25) is 0 Å². The average molecular weight is 296 g/mol. The Hall–Kier alpha value is -1.06. The minimum Gasteiger partial charge on any atom is -0.352 e. The lowest BCUT2D eigenvalue weighted by molar-refractivity contribution is 0.552. The van der Waals surface area contributed by atoms with Gasteiger partial charge < -0.3 is 10.2 Å². The normalized spacial score (nSPS) is 10.8. The first-order valence-electron chi connectivity index (χ1n) is 7.29. The first-order chi connectivity index (χ1) is 9.58. The molecule has 0 aliphatic carbocycles. The van der Waals surface area contributed by atoms with E-state index < -0.39 is 0 Å². The maximum Gasteiger partial charge on any atom is 0.147 e. The van der Waals surface area contributed by atoms with E-state index in [1.54, 1.807) is 0 Å². The molecule has 20 heavy (non-hydrogen) atoms. The molecule has 1 N–H and O–H groups in total. The summed E-state index contributed by atoms with van der Waals surface area (Å²) >= 11 is 6.37. The minimum atomic E-state index is 0.644. The summed E-state index contributed by atoms with van der Waals surface area (Å²) in [6, 6.07) is 2.00. The summed E-state index contributed by atoms with van der Waals surface area (Å²) < 4.78 is 0. The first-order valence-corrected chi connectivity index (χ1v) is 7.67. The standard InChI is InChI=1S/C16H26ClN3/c1-5-7-20(8-6-2)16-15(17)9-14(12-19-16)11-18-10-13(3)4/h5,9,12-13,18H,1,6-8,10-11H2,2-4H3. The second-order valence-electron chi connectivity index (χ2n) is 5.41. The zero-order chi connectivity index (χ0) is 15.0. The van der Waals surface area contributed by atoms with Crippen LogP contribution in [0.3, 0.4) is 0 Å². The summed E-state index contributed by atoms with van der Waals surface area (Å²) in [5.41, 5.74) is 1.12. The Balaban J connectivity index is 2.72. The number of pyridine rings is 1. The predicted molar refractivity (Wildman–Crippen MR) is 88.5 cm³/mol. The second kappa shape index (κ2) is 8.98. The Bertz CT molecular complexity index is 418. The van der Waals surface area contributed by atoms with E-state index in [0.717, 1.165) is 44.0 Å². The van der Waals surface area contributed by atoms with Crippen LogP contribution < -0.4 is 10.2 Å². The number of hydrogen-bond donors (Lipinski definition) is 1. The SMILES string of the molecule is C=CCN(CCC)c1ncc(CNCC(C)C)cc1Cl. The molecule has 1 aromatic heterocycles. The maximum atomic E-state index is 6.37. The van der Waals surface area contributed by atoms with E-state index in [1.807, 2.05) is 18.3 Å². The van der Waals surface area contributed by atoms with Gasteiger partial charge in [0.25, 0.3) is 0 Å². The summed E-state index contributed by atoms with van der Waals surface area (Å²) in [5, 5.41) is 4.11. The number of aromatic nitrogens is 1. The monoisotopic (exact) mass is 295 g/mol. The Morgan fingerprint density at radius 2 is 2.25 bits per heavy atom. The Morgan fingerprint density at radius 3 is 2.80 bits per heavy atom. The van der Waals surface area contributed by atoms with Crippen molar-refractivity contribution < 1.29 is 0 Å². The van der Waals surface area contributed by atoms with Gasteiger partial charge in [0.15, 0.2) is 0 Å². The van der Waals surface area contributed by atoms with Gasteiger partial charge in [-0.05, 0) is 30.5 Å². The topological polar surface area (TPSA) is 28.2 Å². The van der Waals surface area contributed by atoms with Gasteiger partial charge in [-0.2, -0.15) is 0 Å². The molecular weight excluding hydrogens is 270 g/mol. The van der Waals surface area contributed by atoms with Crippen molar-refractivity contribution in [3.63, 3.8) is 0 Å². The van der Waals surface area contributed by atoms with E-state index in [9.17, 15) is 0 Å². The summed E-state index contributed by atoms with van der Waals surface area (Å²) in [6.45, 7) is 13.8. The molecule has 0 amide bonds. The van der Waals surface area contributed by atoms with Crippen LogP contribution >= 0.6 is 11.6 Å². The summed E-state index contributed by atoms with van der Waals surface area (Å²) in [6.07, 6.45) is 4.84. The molecule has 0 spiro atoms. The molecule has 0 bridgehead atoms. The highest BCUT2D eigenvalue weighted by Gasteiger charge is 2.10. The van der Waals surface area contributed by atoms with Crippen molar-refractivity contribution >= 4 is 17.4 Å². The molecule has 3 nitrogen and oxygen atoms in total. The molecule has 1 heterocycles. The van der Waals surface area contributed by atoms with Gasteiger partial charge in [-0.3, -0.25) is 0 Å². The lowest BCUT2D eigenvalue weighted by Gasteiger charge is -2.22. The minimum absolute atomic E-state index is 0.644. The number of nitrogens with one attached hydrogen (secondary N) is 1. The van der Waals surface area contributed by atoms with Gasteiger partial charge >= 0.3 is 0 Å². The van der Waals surface area contributed by atoms with E-state index in [-0.39, 0.29) is 0 Å². The molecule has 1 rings (SSSR count). The van der Waals surface area contributed by atoms with Crippen LogP contribution in [0, 0.1) is 5.92 Å². The van der Waals surface area contributed by atoms with Gasteiger partial charge in [0.05, 0.1) is 5.02 Å². The van der Waals surface area contributed by atoms with Crippen molar-refractivity contribution in [1.29, 1.82) is 0 Å². The van der Waals surface area contributed by atoms with Crippen molar-refractivity contribution in [1.82, 2.24) is 10.3 Å². The summed E-state index contributed by atoms with van der Waals surface area (Å²) in [7, 11) is 0. The van der Waals surface area contributed by atoms with Gasteiger partial charge in [-0.25, -0.2) is 4.98 Å². The lowest BCUT2D eigenvalue weighted by atomic mass is 10.2. The molecule has 0 aromatic carbocycles. The van der Waals surface area contributed by atoms with Crippen LogP contribution in [0.4, 0.5) is 5.82 Å². The fraction of sp³-hybridized carbons (Fsp3) is 0.562. The van der Waals surface area contributed by atoms with Gasteiger partial charge in [-0.1, -0.05) is 38.4 Å². The van der Waals surface area contributed by atoms with Crippen LogP contribution in [-0.2, 0) is 6.54 Å². The van der Waals surface area contributed by atoms with E-state index >= 15 is 0 Å². The Morgan fingerprint density at radius 1 is 1.50 bits per heavy atom. The zero-order valence-electron chi connectivity index (χ0n) is 12.8. The number of nitrogens with zero attached hydrogens (tertiary/aromatic N) is 2. The second-order valence-corrected chi connectivity index (χ2v) is 5.82. The third-order valence-electron chi connectivity index (χ3n) is 2.90. The molecule has 0 saturated carbocycles. The van der Waals surface area contributed by atoms with Crippen molar-refractivity contribution in [2.24, 2.45) is 5.92 Å². The first kappa shape index (κ1) is 17.0. The Labute approximate surface area is 128 Å². The zero-order valence-corrected chi connectivity index (χ0v) is 13.6. The highest BCUT2D eigenvalue weighted by Crippen LogP contribution is 2.24. The number of hydrogen-bond acceptors (Lipinski definition) is 3. The van der Waals surface area contributed by atoms with Crippen molar-refractivity contribution in [3.8, 4) is 0 Å². The van der Waals surface area contributed by atoms with E-state index in [4.69, 9.17) is 11.6 Å². The van der Waals surface area contributed by atoms with Crippen LogP contribution in [0.1, 0.15) is 32.8 Å². The summed E-state index contributed by atoms with van der Waals surface area (Å²) in [4.78, 5) is 6.67. The largest absolute Gasteiger partial charge is 0.352 e. The molecule has 0 unspecified atom stereocenters. The van der Waals surface area contributed by atoms with Crippen molar-refractivity contribution in [3.05, 3.63) is 35.5 Å². The molecule has 0 atom stereocenters. The molecule has 0 saturated heterocycles. The number of anilines is 1. The van der Waals surface area contributed by atoms with Gasteiger partial charge in [0, 0.05) is 25.8 Å². The quantitative estimate of drug-likeness (QED) is 0.701. The van der Waals surface area contributed by atoms with E-state index in [2.05, 4.69) is 42.6 Å². The van der Waals surface area contributed by atoms with Crippen LogP contribution in [0.25, 0.3) is 0 Å². The van der Waals surface area contributed by atoms with Crippen LogP contribution in [0.15, 0.2) is 24.9 Å². The highest BCUT2D eigenvalue weighted by molar-refractivity contribution is 6.33. The molecule has 0 radical (unpaired) electrons. The predicted octanol–water partition coefficient (Wildman–Crippen LogP) is 3.88. The fourth-order valence-corrected chi connectivity index (χ4v) is 2.32. The summed E-state index contributed by atoms with van der Waals surface area (Å²) in [5.74, 6) is 1.49. The third kappa shape index (κ3) is 5.51. The number of halogens is 1. The van der Waals surface area contributed by atoms with Gasteiger partial charge in [0.1, 0.15) is 5.82 Å². The Kier molecular flexibility index (Phi) is 7.63. The van der Waals surface area contributed by atoms with E-state index in [0.29, 0.717) is 10.9 Å². The number of rotatable bonds is 9. The molecule has 0 aliphatic heterocycles. The van der Waals surface area contributed by atoms with E-state index in [1.165, 1.54) is 0 Å². The third-order valence-corrected chi connectivity index (χ3v) is 3.18. The lowest BCUT2D eigenvalue weighted by Crippen LogP contribution is -2.25. The maximum absolute atomic E-state index is 6.37. The highest BCUT2D eigenvalue weighted by atomic mass is 35.5. The molecule has 0 fully saturated rings. The molecule has 4 heteroatoms. The smallest absolute Gasteiger partial charge is 0.147 e.